The molecule has 2 aliphatic rings. The van der Waals surface area contributed by atoms with Crippen molar-refractivity contribution < 1.29 is 14.4 Å². The fourth-order valence-electron chi connectivity index (χ4n) is 4.61. The number of nitrogens with zero attached hydrogens (tertiary/aromatic N) is 5. The molecule has 2 aliphatic heterocycles. The van der Waals surface area contributed by atoms with Gasteiger partial charge in [0, 0.05) is 65.0 Å². The molecular formula is C24H31N5O3. The lowest BCUT2D eigenvalue weighted by molar-refractivity contribution is -0.142. The van der Waals surface area contributed by atoms with Crippen molar-refractivity contribution in [3.05, 3.63) is 48.3 Å². The summed E-state index contributed by atoms with van der Waals surface area (Å²) in [4.78, 5) is 42.7. The van der Waals surface area contributed by atoms with Gasteiger partial charge in [-0.3, -0.25) is 14.4 Å². The molecule has 32 heavy (non-hydrogen) atoms. The smallest absolute Gasteiger partial charge is 0.227 e. The molecule has 0 radical (unpaired) electrons. The van der Waals surface area contributed by atoms with E-state index < -0.39 is 0 Å². The number of carbonyl (C=O) groups is 3. The van der Waals surface area contributed by atoms with Gasteiger partial charge in [0.25, 0.3) is 0 Å². The molecule has 3 amide bonds. The van der Waals surface area contributed by atoms with Gasteiger partial charge < -0.3 is 14.7 Å². The molecule has 0 bridgehead atoms. The number of amides is 3. The Hall–Kier alpha value is -3.16. The van der Waals surface area contributed by atoms with Crippen LogP contribution in [0.3, 0.4) is 0 Å². The monoisotopic (exact) mass is 437 g/mol. The lowest BCUT2D eigenvalue weighted by atomic mass is 9.95. The average Bonchev–Trinajstić information content (AvgIpc) is 3.47. The number of aromatic nitrogens is 2. The third-order valence-corrected chi connectivity index (χ3v) is 6.35. The number of benzene rings is 1. The highest BCUT2D eigenvalue weighted by Crippen LogP contribution is 2.21. The van der Waals surface area contributed by atoms with E-state index in [0.29, 0.717) is 45.4 Å². The summed E-state index contributed by atoms with van der Waals surface area (Å²) < 4.78 is 1.80. The summed E-state index contributed by atoms with van der Waals surface area (Å²) in [6.07, 6.45) is 6.95. The van der Waals surface area contributed by atoms with E-state index in [9.17, 15) is 14.4 Å². The van der Waals surface area contributed by atoms with Crippen LogP contribution >= 0.6 is 0 Å². The molecule has 0 N–H and O–H groups in total. The molecule has 8 nitrogen and oxygen atoms in total. The summed E-state index contributed by atoms with van der Waals surface area (Å²) in [5.41, 5.74) is 1.99. The van der Waals surface area contributed by atoms with Crippen LogP contribution in [-0.2, 0) is 20.9 Å². The molecular weight excluding hydrogens is 406 g/mol. The van der Waals surface area contributed by atoms with E-state index in [1.807, 2.05) is 48.5 Å². The molecule has 0 aliphatic carbocycles. The molecule has 0 unspecified atom stereocenters. The molecule has 1 aromatic carbocycles. The molecule has 8 heteroatoms. The van der Waals surface area contributed by atoms with Gasteiger partial charge in [-0.25, -0.2) is 4.68 Å². The normalized spacial score (nSPS) is 19.0. The van der Waals surface area contributed by atoms with Crippen LogP contribution in [0.25, 0.3) is 5.69 Å². The first-order valence-electron chi connectivity index (χ1n) is 11.4. The van der Waals surface area contributed by atoms with Crippen LogP contribution in [0.5, 0.6) is 0 Å². The van der Waals surface area contributed by atoms with Crippen LogP contribution in [0.2, 0.25) is 0 Å². The Labute approximate surface area is 188 Å². The maximum Gasteiger partial charge on any atom is 0.227 e. The van der Waals surface area contributed by atoms with Gasteiger partial charge in [-0.2, -0.15) is 5.10 Å². The number of hydrogen-bond acceptors (Lipinski definition) is 4. The maximum absolute atomic E-state index is 13.1. The quantitative estimate of drug-likeness (QED) is 0.634. The molecule has 1 atom stereocenters. The highest BCUT2D eigenvalue weighted by Gasteiger charge is 2.32. The Morgan fingerprint density at radius 1 is 1.12 bits per heavy atom. The molecule has 1 aromatic heterocycles. The van der Waals surface area contributed by atoms with E-state index in [2.05, 4.69) is 5.10 Å². The Morgan fingerprint density at radius 3 is 2.69 bits per heavy atom. The first kappa shape index (κ1) is 22.0. The predicted octanol–water partition coefficient (Wildman–Crippen LogP) is 2.08. The van der Waals surface area contributed by atoms with Crippen molar-refractivity contribution in [2.75, 3.05) is 33.2 Å². The van der Waals surface area contributed by atoms with E-state index in [-0.39, 0.29) is 23.6 Å². The number of rotatable bonds is 8. The highest BCUT2D eigenvalue weighted by molar-refractivity contribution is 5.83. The zero-order valence-electron chi connectivity index (χ0n) is 18.7. The third kappa shape index (κ3) is 5.18. The van der Waals surface area contributed by atoms with Gasteiger partial charge in [-0.15, -0.1) is 0 Å². The Balaban J connectivity index is 1.30. The van der Waals surface area contributed by atoms with Crippen LogP contribution in [0.4, 0.5) is 0 Å². The summed E-state index contributed by atoms with van der Waals surface area (Å²) >= 11 is 0. The van der Waals surface area contributed by atoms with Gasteiger partial charge in [-0.05, 0) is 43.0 Å². The summed E-state index contributed by atoms with van der Waals surface area (Å²) in [7, 11) is 1.82. The number of piperidine rings is 1. The minimum Gasteiger partial charge on any atom is -0.343 e. The van der Waals surface area contributed by atoms with E-state index in [4.69, 9.17) is 0 Å². The standard InChI is InChI=1S/C24H31N5O3/c1-26(17-19-6-2-7-21(16-19)29-15-4-11-25-29)24(32)20-9-10-23(31)28(18-20)14-5-13-27-12-3-8-22(27)30/h2,4,6-7,11,15-16,20H,3,5,8-10,12-14,17-18H2,1H3/t20-/m0/s1. The van der Waals surface area contributed by atoms with E-state index in [1.54, 1.807) is 20.7 Å². The van der Waals surface area contributed by atoms with Gasteiger partial charge in [0.05, 0.1) is 11.6 Å². The molecule has 0 saturated carbocycles. The van der Waals surface area contributed by atoms with Crippen molar-refractivity contribution in [2.24, 2.45) is 5.92 Å². The van der Waals surface area contributed by atoms with Crippen molar-refractivity contribution in [3.8, 4) is 5.69 Å². The zero-order valence-corrected chi connectivity index (χ0v) is 18.7. The molecule has 3 heterocycles. The SMILES string of the molecule is CN(Cc1cccc(-n2cccn2)c1)C(=O)[C@H]1CCC(=O)N(CCCN2CCCC2=O)C1. The van der Waals surface area contributed by atoms with Crippen molar-refractivity contribution in [2.45, 2.75) is 38.6 Å². The second kappa shape index (κ2) is 9.97. The Kier molecular flexibility index (Phi) is 6.87. The van der Waals surface area contributed by atoms with Crippen LogP contribution in [0.15, 0.2) is 42.7 Å². The summed E-state index contributed by atoms with van der Waals surface area (Å²) in [6, 6.07) is 9.87. The molecule has 0 spiro atoms. The summed E-state index contributed by atoms with van der Waals surface area (Å²) in [6.45, 7) is 3.08. The number of hydrogen-bond donors (Lipinski definition) is 0. The van der Waals surface area contributed by atoms with Crippen molar-refractivity contribution in [1.29, 1.82) is 0 Å². The summed E-state index contributed by atoms with van der Waals surface area (Å²) in [5.74, 6) is 0.208. The minimum absolute atomic E-state index is 0.0710. The fourth-order valence-corrected chi connectivity index (χ4v) is 4.61. The highest BCUT2D eigenvalue weighted by atomic mass is 16.2. The molecule has 2 fully saturated rings. The zero-order chi connectivity index (χ0) is 22.5. The van der Waals surface area contributed by atoms with Crippen LogP contribution in [0.1, 0.15) is 37.7 Å². The van der Waals surface area contributed by atoms with Gasteiger partial charge in [0.15, 0.2) is 0 Å². The molecule has 4 rings (SSSR count). The van der Waals surface area contributed by atoms with Gasteiger partial charge in [0.1, 0.15) is 0 Å². The summed E-state index contributed by atoms with van der Waals surface area (Å²) in [5, 5.41) is 4.26. The molecule has 2 saturated heterocycles. The Bertz CT molecular complexity index is 958. The predicted molar refractivity (Wildman–Crippen MR) is 120 cm³/mol. The molecule has 170 valence electrons. The van der Waals surface area contributed by atoms with Gasteiger partial charge in [-0.1, -0.05) is 12.1 Å². The number of likely N-dealkylation sites (tertiary alicyclic amines) is 2. The minimum atomic E-state index is -0.180. The number of carbonyl (C=O) groups excluding carboxylic acids is 3. The van der Waals surface area contributed by atoms with E-state index >= 15 is 0 Å². The second-order valence-corrected chi connectivity index (χ2v) is 8.73. The lowest BCUT2D eigenvalue weighted by Crippen LogP contribution is -2.46. The van der Waals surface area contributed by atoms with Crippen molar-refractivity contribution in [1.82, 2.24) is 24.5 Å². The maximum atomic E-state index is 13.1. The van der Waals surface area contributed by atoms with E-state index in [1.165, 1.54) is 0 Å². The largest absolute Gasteiger partial charge is 0.343 e. The van der Waals surface area contributed by atoms with Gasteiger partial charge >= 0.3 is 0 Å². The fraction of sp³-hybridized carbons (Fsp3) is 0.500. The van der Waals surface area contributed by atoms with Gasteiger partial charge in [0.2, 0.25) is 17.7 Å². The van der Waals surface area contributed by atoms with Crippen LogP contribution in [0, 0.1) is 5.92 Å². The lowest BCUT2D eigenvalue weighted by Gasteiger charge is -2.34. The van der Waals surface area contributed by atoms with Crippen LogP contribution < -0.4 is 0 Å². The average molecular weight is 438 g/mol. The topological polar surface area (TPSA) is 78.8 Å². The van der Waals surface area contributed by atoms with Crippen LogP contribution in [-0.4, -0.2) is 75.4 Å². The first-order chi connectivity index (χ1) is 15.5. The second-order valence-electron chi connectivity index (χ2n) is 8.73. The van der Waals surface area contributed by atoms with Crippen molar-refractivity contribution >= 4 is 17.7 Å². The van der Waals surface area contributed by atoms with E-state index in [0.717, 1.165) is 30.6 Å². The Morgan fingerprint density at radius 2 is 1.94 bits per heavy atom. The third-order valence-electron chi connectivity index (χ3n) is 6.35. The first-order valence-corrected chi connectivity index (χ1v) is 11.4. The van der Waals surface area contributed by atoms with Crippen molar-refractivity contribution in [3.63, 3.8) is 0 Å². The molecule has 2 aromatic rings.